The smallest absolute Gasteiger partial charge is 0.353 e. The third-order valence-electron chi connectivity index (χ3n) is 5.60. The average molecular weight is 469 g/mol. The van der Waals surface area contributed by atoms with Gasteiger partial charge >= 0.3 is 6.18 Å². The van der Waals surface area contributed by atoms with E-state index in [-0.39, 0.29) is 11.4 Å². The molecule has 33 heavy (non-hydrogen) atoms. The molecule has 1 amide bonds. The second-order valence-corrected chi connectivity index (χ2v) is 8.40. The number of fused-ring (bicyclic) bond motifs is 1. The number of carbonyl (C=O) groups is 1. The van der Waals surface area contributed by atoms with Gasteiger partial charge in [-0.15, -0.1) is 0 Å². The van der Waals surface area contributed by atoms with Crippen LogP contribution in [0.25, 0.3) is 22.0 Å². The van der Waals surface area contributed by atoms with Crippen molar-refractivity contribution < 1.29 is 18.0 Å². The van der Waals surface area contributed by atoms with Crippen LogP contribution in [0.3, 0.4) is 0 Å². The lowest BCUT2D eigenvalue weighted by atomic mass is 10.1. The van der Waals surface area contributed by atoms with Crippen LogP contribution >= 0.6 is 11.3 Å². The largest absolute Gasteiger partial charge is 0.433 e. The Balaban J connectivity index is 1.47. The number of aromatic nitrogens is 3. The molecule has 0 unspecified atom stereocenters. The summed E-state index contributed by atoms with van der Waals surface area (Å²) in [6, 6.07) is 7.72. The Morgan fingerprint density at radius 1 is 1.03 bits per heavy atom. The van der Waals surface area contributed by atoms with Gasteiger partial charge in [-0.3, -0.25) is 9.78 Å². The van der Waals surface area contributed by atoms with Crippen molar-refractivity contribution in [1.82, 2.24) is 19.9 Å². The van der Waals surface area contributed by atoms with Gasteiger partial charge in [-0.05, 0) is 46.7 Å². The molecule has 0 spiro atoms. The molecule has 10 heteroatoms. The molecule has 0 aliphatic carbocycles. The second kappa shape index (κ2) is 8.43. The molecule has 0 radical (unpaired) electrons. The summed E-state index contributed by atoms with van der Waals surface area (Å²) in [5, 5.41) is 4.28. The number of amides is 1. The molecular weight excluding hydrogens is 451 g/mol. The first-order chi connectivity index (χ1) is 15.9. The Hall–Kier alpha value is -3.53. The van der Waals surface area contributed by atoms with E-state index < -0.39 is 11.9 Å². The number of hydrogen-bond acceptors (Lipinski definition) is 6. The minimum absolute atomic E-state index is 0.0927. The molecule has 0 aromatic carbocycles. The van der Waals surface area contributed by atoms with Crippen LogP contribution in [0.1, 0.15) is 16.1 Å². The third-order valence-corrected chi connectivity index (χ3v) is 6.29. The maximum Gasteiger partial charge on any atom is 0.433 e. The molecule has 4 aromatic rings. The Morgan fingerprint density at radius 3 is 2.52 bits per heavy atom. The Kier molecular flexibility index (Phi) is 5.45. The predicted molar refractivity (Wildman–Crippen MR) is 120 cm³/mol. The van der Waals surface area contributed by atoms with E-state index in [1.165, 1.54) is 23.6 Å². The standard InChI is InChI=1S/C23H18F3N5OS/c24-23(25,26)19-4-3-17-20(29-19)18(16-5-11-33-14-16)13-28-21(17)30-7-9-31(10-8-30)22(32)15-2-1-6-27-12-15/h1-6,11-14H,7-10H2. The zero-order valence-corrected chi connectivity index (χ0v) is 18.1. The minimum Gasteiger partial charge on any atom is -0.353 e. The number of halogens is 3. The summed E-state index contributed by atoms with van der Waals surface area (Å²) in [5.74, 6) is 0.475. The van der Waals surface area contributed by atoms with Crippen molar-refractivity contribution in [2.75, 3.05) is 31.1 Å². The third kappa shape index (κ3) is 4.13. The number of piperazine rings is 1. The number of pyridine rings is 3. The van der Waals surface area contributed by atoms with Crippen molar-refractivity contribution in [1.29, 1.82) is 0 Å². The molecule has 0 N–H and O–H groups in total. The Labute approximate surface area is 191 Å². The summed E-state index contributed by atoms with van der Waals surface area (Å²) in [7, 11) is 0. The second-order valence-electron chi connectivity index (χ2n) is 7.62. The first kappa shape index (κ1) is 21.3. The van der Waals surface area contributed by atoms with Gasteiger partial charge in [0.2, 0.25) is 0 Å². The lowest BCUT2D eigenvalue weighted by Gasteiger charge is -2.36. The Morgan fingerprint density at radius 2 is 1.85 bits per heavy atom. The highest BCUT2D eigenvalue weighted by molar-refractivity contribution is 7.08. The van der Waals surface area contributed by atoms with Crippen LogP contribution in [0.5, 0.6) is 0 Å². The highest BCUT2D eigenvalue weighted by Gasteiger charge is 2.33. The lowest BCUT2D eigenvalue weighted by Crippen LogP contribution is -2.49. The monoisotopic (exact) mass is 469 g/mol. The summed E-state index contributed by atoms with van der Waals surface area (Å²) >= 11 is 1.46. The van der Waals surface area contributed by atoms with Gasteiger partial charge in [-0.25, -0.2) is 9.97 Å². The van der Waals surface area contributed by atoms with Crippen LogP contribution in [-0.4, -0.2) is 51.9 Å². The number of rotatable bonds is 3. The summed E-state index contributed by atoms with van der Waals surface area (Å²) in [6.45, 7) is 1.95. The van der Waals surface area contributed by atoms with E-state index >= 15 is 0 Å². The van der Waals surface area contributed by atoms with Crippen LogP contribution in [0.4, 0.5) is 19.0 Å². The van der Waals surface area contributed by atoms with Crippen molar-refractivity contribution in [2.45, 2.75) is 6.18 Å². The van der Waals surface area contributed by atoms with Crippen molar-refractivity contribution >= 4 is 34.0 Å². The maximum absolute atomic E-state index is 13.4. The molecule has 0 saturated carbocycles. The van der Waals surface area contributed by atoms with Crippen LogP contribution in [0.15, 0.2) is 59.7 Å². The topological polar surface area (TPSA) is 62.2 Å². The molecule has 1 aliphatic rings. The SMILES string of the molecule is O=C(c1cccnc1)N1CCN(c2ncc(-c3ccsc3)c3nc(C(F)(F)F)ccc23)CC1. The number of hydrogen-bond donors (Lipinski definition) is 0. The first-order valence-corrected chi connectivity index (χ1v) is 11.2. The number of thiophene rings is 1. The van der Waals surface area contributed by atoms with Crippen LogP contribution in [0, 0.1) is 0 Å². The van der Waals surface area contributed by atoms with Gasteiger partial charge in [0.15, 0.2) is 0 Å². The number of nitrogens with zero attached hydrogens (tertiary/aromatic N) is 5. The van der Waals surface area contributed by atoms with E-state index in [1.807, 2.05) is 21.7 Å². The van der Waals surface area contributed by atoms with Crippen LogP contribution < -0.4 is 4.90 Å². The molecule has 1 fully saturated rings. The summed E-state index contributed by atoms with van der Waals surface area (Å²) in [6.07, 6.45) is 0.197. The van der Waals surface area contributed by atoms with E-state index in [0.29, 0.717) is 48.5 Å². The fraction of sp³-hybridized carbons (Fsp3) is 0.217. The van der Waals surface area contributed by atoms with Crippen molar-refractivity contribution in [3.05, 3.63) is 70.9 Å². The molecule has 168 valence electrons. The molecule has 5 heterocycles. The van der Waals surface area contributed by atoms with Gasteiger partial charge < -0.3 is 9.80 Å². The summed E-state index contributed by atoms with van der Waals surface area (Å²) < 4.78 is 40.1. The van der Waals surface area contributed by atoms with Crippen LogP contribution in [-0.2, 0) is 6.18 Å². The summed E-state index contributed by atoms with van der Waals surface area (Å²) in [4.78, 5) is 29.0. The average Bonchev–Trinajstić information content (AvgIpc) is 3.37. The number of carbonyl (C=O) groups excluding carboxylic acids is 1. The van der Waals surface area contributed by atoms with Crippen molar-refractivity contribution in [3.63, 3.8) is 0 Å². The highest BCUT2D eigenvalue weighted by Crippen LogP contribution is 2.36. The van der Waals surface area contributed by atoms with Gasteiger partial charge in [0.05, 0.1) is 11.1 Å². The van der Waals surface area contributed by atoms with E-state index in [9.17, 15) is 18.0 Å². The fourth-order valence-corrected chi connectivity index (χ4v) is 4.59. The quantitative estimate of drug-likeness (QED) is 0.434. The number of anilines is 1. The van der Waals surface area contributed by atoms with E-state index in [4.69, 9.17) is 0 Å². The molecular formula is C23H18F3N5OS. The zero-order valence-electron chi connectivity index (χ0n) is 17.3. The van der Waals surface area contributed by atoms with Crippen molar-refractivity contribution in [2.24, 2.45) is 0 Å². The Bertz CT molecular complexity index is 1290. The normalized spacial score (nSPS) is 14.6. The molecule has 1 aliphatic heterocycles. The maximum atomic E-state index is 13.4. The molecule has 1 saturated heterocycles. The molecule has 0 bridgehead atoms. The first-order valence-electron chi connectivity index (χ1n) is 10.3. The van der Waals surface area contributed by atoms with E-state index in [1.54, 1.807) is 29.4 Å². The molecule has 6 nitrogen and oxygen atoms in total. The number of alkyl halides is 3. The molecule has 0 atom stereocenters. The zero-order chi connectivity index (χ0) is 23.0. The van der Waals surface area contributed by atoms with Gasteiger partial charge in [-0.1, -0.05) is 0 Å². The van der Waals surface area contributed by atoms with Gasteiger partial charge in [0, 0.05) is 55.7 Å². The van der Waals surface area contributed by atoms with Crippen molar-refractivity contribution in [3.8, 4) is 11.1 Å². The predicted octanol–water partition coefficient (Wildman–Crippen LogP) is 4.73. The molecule has 5 rings (SSSR count). The van der Waals surface area contributed by atoms with E-state index in [2.05, 4.69) is 15.0 Å². The highest BCUT2D eigenvalue weighted by atomic mass is 32.1. The van der Waals surface area contributed by atoms with Gasteiger partial charge in [0.25, 0.3) is 5.91 Å². The lowest BCUT2D eigenvalue weighted by molar-refractivity contribution is -0.140. The molecule has 4 aromatic heterocycles. The van der Waals surface area contributed by atoms with E-state index in [0.717, 1.165) is 11.6 Å². The minimum atomic E-state index is -4.54. The van der Waals surface area contributed by atoms with Crippen LogP contribution in [0.2, 0.25) is 0 Å². The fourth-order valence-electron chi connectivity index (χ4n) is 3.93. The summed E-state index contributed by atoms with van der Waals surface area (Å²) in [5.41, 5.74) is 1.20. The van der Waals surface area contributed by atoms with Gasteiger partial charge in [-0.2, -0.15) is 24.5 Å². The van der Waals surface area contributed by atoms with Gasteiger partial charge in [0.1, 0.15) is 11.5 Å².